The van der Waals surface area contributed by atoms with Crippen molar-refractivity contribution in [2.45, 2.75) is 25.2 Å². The van der Waals surface area contributed by atoms with E-state index >= 15 is 0 Å². The van der Waals surface area contributed by atoms with Crippen LogP contribution in [0.1, 0.15) is 12.2 Å². The van der Waals surface area contributed by atoms with Gasteiger partial charge >= 0.3 is 6.09 Å². The maximum atomic E-state index is 14.9. The van der Waals surface area contributed by atoms with Gasteiger partial charge in [0.2, 0.25) is 0 Å². The molecule has 2 atom stereocenters. The molecule has 1 N–H and O–H groups in total. The van der Waals surface area contributed by atoms with Gasteiger partial charge in [-0.05, 0) is 18.2 Å². The number of aromatic nitrogens is 5. The maximum Gasteiger partial charge on any atom is 0.414 e. The molecule has 5 rings (SSSR count). The number of ether oxygens (including phenoxy) is 1. The normalized spacial score (nSPS) is 20.2. The Kier molecular flexibility index (Phi) is 5.19. The Hall–Kier alpha value is -3.93. The van der Waals surface area contributed by atoms with Crippen molar-refractivity contribution >= 4 is 17.5 Å². The van der Waals surface area contributed by atoms with Gasteiger partial charge in [-0.1, -0.05) is 10.4 Å². The van der Waals surface area contributed by atoms with E-state index in [-0.39, 0.29) is 13.2 Å². The summed E-state index contributed by atoms with van der Waals surface area (Å²) in [5.41, 5.74) is 1.69. The van der Waals surface area contributed by atoms with Crippen LogP contribution in [0.25, 0.3) is 11.1 Å². The van der Waals surface area contributed by atoms with Crippen molar-refractivity contribution in [1.82, 2.24) is 25.0 Å². The molecule has 2 aromatic heterocycles. The highest BCUT2D eigenvalue weighted by molar-refractivity contribution is 5.98. The minimum Gasteiger partial charge on any atom is -0.442 e. The Labute approximate surface area is 181 Å². The topological polar surface area (TPSA) is 128 Å². The SMILES string of the molecule is O=C1OC(Cn2ccnn2)CN1c1ccc(-c2cnc(C3=NOC(CO)C3)nc2)c(F)c1. The highest BCUT2D eigenvalue weighted by Gasteiger charge is 2.33. The Bertz CT molecular complexity index is 1150. The monoisotopic (exact) mass is 439 g/mol. The van der Waals surface area contributed by atoms with E-state index in [4.69, 9.17) is 14.7 Å². The molecule has 12 heteroatoms. The van der Waals surface area contributed by atoms with Gasteiger partial charge in [-0.2, -0.15) is 0 Å². The minimum absolute atomic E-state index is 0.144. The van der Waals surface area contributed by atoms with Crippen molar-refractivity contribution in [3.05, 3.63) is 54.6 Å². The summed E-state index contributed by atoms with van der Waals surface area (Å²) >= 11 is 0. The van der Waals surface area contributed by atoms with Crippen LogP contribution in [0.4, 0.5) is 14.9 Å². The number of hydrogen-bond acceptors (Lipinski definition) is 9. The molecule has 0 aliphatic carbocycles. The van der Waals surface area contributed by atoms with E-state index in [0.717, 1.165) is 0 Å². The van der Waals surface area contributed by atoms with Gasteiger partial charge < -0.3 is 14.7 Å². The van der Waals surface area contributed by atoms with Crippen molar-refractivity contribution in [2.75, 3.05) is 18.1 Å². The first-order valence-electron chi connectivity index (χ1n) is 9.89. The first-order chi connectivity index (χ1) is 15.6. The van der Waals surface area contributed by atoms with Crippen LogP contribution >= 0.6 is 0 Å². The van der Waals surface area contributed by atoms with Crippen LogP contribution in [0.2, 0.25) is 0 Å². The van der Waals surface area contributed by atoms with E-state index in [2.05, 4.69) is 25.4 Å². The number of hydrogen-bond donors (Lipinski definition) is 1. The molecule has 2 aliphatic rings. The second-order valence-corrected chi connectivity index (χ2v) is 7.35. The molecular weight excluding hydrogens is 421 g/mol. The van der Waals surface area contributed by atoms with Gasteiger partial charge in [-0.3, -0.25) is 4.90 Å². The number of anilines is 1. The fourth-order valence-electron chi connectivity index (χ4n) is 3.55. The third-order valence-electron chi connectivity index (χ3n) is 5.16. The highest BCUT2D eigenvalue weighted by atomic mass is 19.1. The summed E-state index contributed by atoms with van der Waals surface area (Å²) in [5.74, 6) is -0.159. The summed E-state index contributed by atoms with van der Waals surface area (Å²) in [7, 11) is 0. The summed E-state index contributed by atoms with van der Waals surface area (Å²) in [4.78, 5) is 27.2. The number of aliphatic hydroxyl groups excluding tert-OH is 1. The molecule has 3 aromatic rings. The summed E-state index contributed by atoms with van der Waals surface area (Å²) in [6, 6.07) is 4.49. The Morgan fingerprint density at radius 3 is 2.75 bits per heavy atom. The smallest absolute Gasteiger partial charge is 0.414 e. The van der Waals surface area contributed by atoms with Crippen LogP contribution in [-0.4, -0.2) is 67.2 Å². The summed E-state index contributed by atoms with van der Waals surface area (Å²) in [5, 5.41) is 20.6. The molecule has 1 saturated heterocycles. The van der Waals surface area contributed by atoms with Gasteiger partial charge in [0.1, 0.15) is 17.6 Å². The number of carbonyl (C=O) groups excluding carboxylic acids is 1. The standard InChI is InChI=1S/C20H18FN7O4/c21-17-5-13(28-10-15(31-20(28)30)9-27-4-3-24-26-27)1-2-16(17)12-7-22-19(23-8-12)18-6-14(11-29)32-25-18/h1-5,7-8,14-15,29H,6,9-11H2. The highest BCUT2D eigenvalue weighted by Crippen LogP contribution is 2.29. The van der Waals surface area contributed by atoms with Gasteiger partial charge in [-0.25, -0.2) is 23.8 Å². The molecule has 0 bridgehead atoms. The molecular formula is C20H18FN7O4. The fourth-order valence-corrected chi connectivity index (χ4v) is 3.55. The molecule has 1 aromatic carbocycles. The Morgan fingerprint density at radius 2 is 2.06 bits per heavy atom. The Morgan fingerprint density at radius 1 is 1.22 bits per heavy atom. The molecule has 11 nitrogen and oxygen atoms in total. The van der Waals surface area contributed by atoms with Gasteiger partial charge in [0, 0.05) is 36.1 Å². The number of nitrogens with zero attached hydrogens (tertiary/aromatic N) is 7. The van der Waals surface area contributed by atoms with E-state index < -0.39 is 24.1 Å². The van der Waals surface area contributed by atoms with Crippen molar-refractivity contribution < 1.29 is 23.9 Å². The Balaban J connectivity index is 1.30. The maximum absolute atomic E-state index is 14.9. The molecule has 1 amide bonds. The number of benzene rings is 1. The number of rotatable bonds is 6. The second kappa shape index (κ2) is 8.30. The number of cyclic esters (lactones) is 1. The molecule has 164 valence electrons. The van der Waals surface area contributed by atoms with E-state index in [1.54, 1.807) is 29.2 Å². The number of carbonyl (C=O) groups is 1. The van der Waals surface area contributed by atoms with E-state index in [1.165, 1.54) is 23.4 Å². The number of halogens is 1. The van der Waals surface area contributed by atoms with E-state index in [0.29, 0.717) is 41.3 Å². The predicted octanol–water partition coefficient (Wildman–Crippen LogP) is 1.38. The summed E-state index contributed by atoms with van der Waals surface area (Å²) in [6.07, 6.45) is 5.25. The molecule has 4 heterocycles. The molecule has 2 aliphatic heterocycles. The number of amides is 1. The quantitative estimate of drug-likeness (QED) is 0.610. The van der Waals surface area contributed by atoms with Gasteiger partial charge in [-0.15, -0.1) is 5.10 Å². The van der Waals surface area contributed by atoms with Crippen LogP contribution in [-0.2, 0) is 16.1 Å². The zero-order valence-electron chi connectivity index (χ0n) is 16.7. The third kappa shape index (κ3) is 3.87. The lowest BCUT2D eigenvalue weighted by Gasteiger charge is -2.14. The van der Waals surface area contributed by atoms with Crippen molar-refractivity contribution in [1.29, 1.82) is 0 Å². The average Bonchev–Trinajstić information content (AvgIpc) is 3.56. The van der Waals surface area contributed by atoms with Crippen LogP contribution in [0, 0.1) is 5.82 Å². The van der Waals surface area contributed by atoms with Crippen LogP contribution in [0.5, 0.6) is 0 Å². The van der Waals surface area contributed by atoms with Crippen molar-refractivity contribution in [2.24, 2.45) is 5.16 Å². The lowest BCUT2D eigenvalue weighted by molar-refractivity contribution is 0.0390. The third-order valence-corrected chi connectivity index (χ3v) is 5.16. The zero-order valence-corrected chi connectivity index (χ0v) is 16.7. The van der Waals surface area contributed by atoms with Crippen molar-refractivity contribution in [3.63, 3.8) is 0 Å². The van der Waals surface area contributed by atoms with Crippen LogP contribution < -0.4 is 4.90 Å². The summed E-state index contributed by atoms with van der Waals surface area (Å²) < 4.78 is 21.8. The minimum atomic E-state index is -0.546. The van der Waals surface area contributed by atoms with Gasteiger partial charge in [0.05, 0.1) is 31.6 Å². The van der Waals surface area contributed by atoms with Crippen molar-refractivity contribution in [3.8, 4) is 11.1 Å². The zero-order chi connectivity index (χ0) is 22.1. The first-order valence-corrected chi connectivity index (χ1v) is 9.89. The van der Waals surface area contributed by atoms with Crippen LogP contribution in [0.15, 0.2) is 48.1 Å². The molecule has 32 heavy (non-hydrogen) atoms. The molecule has 0 saturated carbocycles. The van der Waals surface area contributed by atoms with Gasteiger partial charge in [0.15, 0.2) is 11.9 Å². The molecule has 2 unspecified atom stereocenters. The van der Waals surface area contributed by atoms with E-state index in [9.17, 15) is 9.18 Å². The molecule has 0 spiro atoms. The predicted molar refractivity (Wildman–Crippen MR) is 108 cm³/mol. The molecule has 0 radical (unpaired) electrons. The lowest BCUT2D eigenvalue weighted by Crippen LogP contribution is -2.26. The summed E-state index contributed by atoms with van der Waals surface area (Å²) in [6.45, 7) is 0.491. The van der Waals surface area contributed by atoms with Gasteiger partial charge in [0.25, 0.3) is 0 Å². The lowest BCUT2D eigenvalue weighted by atomic mass is 10.1. The molecule has 1 fully saturated rings. The first kappa shape index (κ1) is 20.0. The largest absolute Gasteiger partial charge is 0.442 e. The van der Waals surface area contributed by atoms with Crippen LogP contribution in [0.3, 0.4) is 0 Å². The number of aliphatic hydroxyl groups is 1. The average molecular weight is 439 g/mol. The fraction of sp³-hybridized carbons (Fsp3) is 0.300. The second-order valence-electron chi connectivity index (χ2n) is 7.35. The van der Waals surface area contributed by atoms with E-state index in [1.807, 2.05) is 0 Å². The number of oxime groups is 1.